The number of carbonyl (C=O) groups is 1. The molecular formula is C15H16N4O3S. The Labute approximate surface area is 137 Å². The molecular weight excluding hydrogens is 316 g/mol. The number of amides is 1. The third-order valence-corrected chi connectivity index (χ3v) is 4.88. The van der Waals surface area contributed by atoms with Gasteiger partial charge in [0.1, 0.15) is 17.9 Å². The zero-order valence-corrected chi connectivity index (χ0v) is 13.7. The van der Waals surface area contributed by atoms with E-state index in [0.717, 1.165) is 16.3 Å². The van der Waals surface area contributed by atoms with E-state index in [1.165, 1.54) is 4.68 Å². The maximum atomic E-state index is 12.7. The van der Waals surface area contributed by atoms with Crippen molar-refractivity contribution in [3.05, 3.63) is 45.8 Å². The molecule has 8 heteroatoms. The fraction of sp³-hybridized carbons (Fsp3) is 0.333. The minimum absolute atomic E-state index is 0.000482. The van der Waals surface area contributed by atoms with Crippen LogP contribution in [-0.4, -0.2) is 32.9 Å². The maximum Gasteiger partial charge on any atom is 0.312 e. The number of anilines is 1. The van der Waals surface area contributed by atoms with Crippen LogP contribution in [-0.2, 0) is 11.3 Å². The highest BCUT2D eigenvalue weighted by atomic mass is 32.2. The first-order valence-corrected chi connectivity index (χ1v) is 8.18. The van der Waals surface area contributed by atoms with Crippen LogP contribution in [0.2, 0.25) is 0 Å². The van der Waals surface area contributed by atoms with Crippen molar-refractivity contribution < 1.29 is 9.72 Å². The van der Waals surface area contributed by atoms with Gasteiger partial charge in [-0.15, -0.1) is 11.8 Å². The molecule has 7 nitrogen and oxygen atoms in total. The number of carbonyl (C=O) groups excluding carboxylic acids is 1. The molecule has 0 N–H and O–H groups in total. The summed E-state index contributed by atoms with van der Waals surface area (Å²) in [6.45, 7) is 3.83. The highest BCUT2D eigenvalue weighted by Crippen LogP contribution is 2.34. The number of nitro groups is 1. The monoisotopic (exact) mass is 332 g/mol. The van der Waals surface area contributed by atoms with Crippen molar-refractivity contribution in [2.75, 3.05) is 17.2 Å². The molecule has 2 aromatic rings. The van der Waals surface area contributed by atoms with Crippen LogP contribution in [0.3, 0.4) is 0 Å². The predicted octanol–water partition coefficient (Wildman–Crippen LogP) is 2.55. The summed E-state index contributed by atoms with van der Waals surface area (Å²) in [7, 11) is 0. The molecule has 0 saturated heterocycles. The molecule has 0 radical (unpaired) electrons. The van der Waals surface area contributed by atoms with Gasteiger partial charge in [-0.1, -0.05) is 12.1 Å². The van der Waals surface area contributed by atoms with Crippen LogP contribution in [0.25, 0.3) is 0 Å². The first-order chi connectivity index (χ1) is 11.0. The molecule has 1 aromatic heterocycles. The van der Waals surface area contributed by atoms with Gasteiger partial charge >= 0.3 is 5.69 Å². The van der Waals surface area contributed by atoms with Gasteiger partial charge in [-0.05, 0) is 26.0 Å². The normalized spacial score (nSPS) is 13.7. The van der Waals surface area contributed by atoms with Crippen LogP contribution in [0.15, 0.2) is 29.2 Å². The van der Waals surface area contributed by atoms with Gasteiger partial charge in [0.15, 0.2) is 0 Å². The summed E-state index contributed by atoms with van der Waals surface area (Å²) < 4.78 is 1.42. The minimum Gasteiger partial charge on any atom is -0.309 e. The third-order valence-electron chi connectivity index (χ3n) is 3.84. The summed E-state index contributed by atoms with van der Waals surface area (Å²) >= 11 is 1.72. The highest BCUT2D eigenvalue weighted by Gasteiger charge is 2.26. The molecule has 0 atom stereocenters. The SMILES string of the molecule is Cc1nn(CC(=O)N2CCSc3ccccc32)c(C)c1[N+](=O)[O-]. The number of nitrogens with zero attached hydrogens (tertiary/aromatic N) is 4. The molecule has 1 aromatic carbocycles. The molecule has 2 heterocycles. The van der Waals surface area contributed by atoms with Crippen molar-refractivity contribution in [3.8, 4) is 0 Å². The number of hydrogen-bond acceptors (Lipinski definition) is 5. The van der Waals surface area contributed by atoms with Crippen molar-refractivity contribution >= 4 is 29.0 Å². The summed E-state index contributed by atoms with van der Waals surface area (Å²) in [6, 6.07) is 7.76. The number of para-hydroxylation sites is 1. The molecule has 0 saturated carbocycles. The van der Waals surface area contributed by atoms with Crippen LogP contribution < -0.4 is 4.90 Å². The quantitative estimate of drug-likeness (QED) is 0.637. The molecule has 1 aliphatic heterocycles. The Morgan fingerprint density at radius 1 is 1.39 bits per heavy atom. The van der Waals surface area contributed by atoms with Gasteiger partial charge in [0, 0.05) is 17.2 Å². The Morgan fingerprint density at radius 3 is 2.83 bits per heavy atom. The van der Waals surface area contributed by atoms with E-state index in [1.807, 2.05) is 24.3 Å². The standard InChI is InChI=1S/C15H16N4O3S/c1-10-15(19(21)22)11(2)18(16-10)9-14(20)17-7-8-23-13-6-4-3-5-12(13)17/h3-6H,7-9H2,1-2H3. The second-order valence-electron chi connectivity index (χ2n) is 5.30. The van der Waals surface area contributed by atoms with Crippen LogP contribution in [0.5, 0.6) is 0 Å². The second kappa shape index (κ2) is 6.04. The zero-order valence-electron chi connectivity index (χ0n) is 12.9. The average molecular weight is 332 g/mol. The Morgan fingerprint density at radius 2 is 2.13 bits per heavy atom. The predicted molar refractivity (Wildman–Crippen MR) is 87.9 cm³/mol. The third kappa shape index (κ3) is 2.81. The molecule has 3 rings (SSSR count). The number of fused-ring (bicyclic) bond motifs is 1. The number of rotatable bonds is 3. The Bertz CT molecular complexity index is 787. The molecule has 0 fully saturated rings. The number of thioether (sulfide) groups is 1. The molecule has 1 amide bonds. The number of benzene rings is 1. The molecule has 0 spiro atoms. The molecule has 1 aliphatic rings. The van der Waals surface area contributed by atoms with E-state index >= 15 is 0 Å². The number of aryl methyl sites for hydroxylation is 1. The lowest BCUT2D eigenvalue weighted by Gasteiger charge is -2.29. The van der Waals surface area contributed by atoms with Crippen LogP contribution in [0.4, 0.5) is 11.4 Å². The fourth-order valence-electron chi connectivity index (χ4n) is 2.75. The maximum absolute atomic E-state index is 12.7. The van der Waals surface area contributed by atoms with E-state index in [2.05, 4.69) is 5.10 Å². The highest BCUT2D eigenvalue weighted by molar-refractivity contribution is 7.99. The largest absolute Gasteiger partial charge is 0.312 e. The van der Waals surface area contributed by atoms with E-state index < -0.39 is 4.92 Å². The summed E-state index contributed by atoms with van der Waals surface area (Å²) in [4.78, 5) is 26.1. The summed E-state index contributed by atoms with van der Waals surface area (Å²) in [5.74, 6) is 0.721. The van der Waals surface area contributed by atoms with Crippen LogP contribution in [0.1, 0.15) is 11.4 Å². The topological polar surface area (TPSA) is 81.3 Å². The van der Waals surface area contributed by atoms with E-state index in [0.29, 0.717) is 17.9 Å². The van der Waals surface area contributed by atoms with Gasteiger partial charge in [-0.25, -0.2) is 0 Å². The molecule has 0 bridgehead atoms. The van der Waals surface area contributed by atoms with Gasteiger partial charge in [-0.2, -0.15) is 5.10 Å². The van der Waals surface area contributed by atoms with E-state index in [1.54, 1.807) is 30.5 Å². The summed E-state index contributed by atoms with van der Waals surface area (Å²) in [6.07, 6.45) is 0. The van der Waals surface area contributed by atoms with Gasteiger partial charge in [0.2, 0.25) is 5.91 Å². The van der Waals surface area contributed by atoms with Gasteiger partial charge in [0.05, 0.1) is 10.6 Å². The second-order valence-corrected chi connectivity index (χ2v) is 6.43. The molecule has 0 aliphatic carbocycles. The molecule has 120 valence electrons. The van der Waals surface area contributed by atoms with Gasteiger partial charge < -0.3 is 4.90 Å². The first-order valence-electron chi connectivity index (χ1n) is 7.19. The Hall–Kier alpha value is -2.35. The lowest BCUT2D eigenvalue weighted by Crippen LogP contribution is -2.38. The van der Waals surface area contributed by atoms with Crippen molar-refractivity contribution in [3.63, 3.8) is 0 Å². The van der Waals surface area contributed by atoms with E-state index in [4.69, 9.17) is 0 Å². The fourth-order valence-corrected chi connectivity index (χ4v) is 3.74. The summed E-state index contributed by atoms with van der Waals surface area (Å²) in [5.41, 5.74) is 1.60. The smallest absolute Gasteiger partial charge is 0.309 e. The molecule has 0 unspecified atom stereocenters. The minimum atomic E-state index is -0.453. The lowest BCUT2D eigenvalue weighted by molar-refractivity contribution is -0.386. The van der Waals surface area contributed by atoms with Crippen molar-refractivity contribution in [1.82, 2.24) is 9.78 Å². The van der Waals surface area contributed by atoms with Gasteiger partial charge in [-0.3, -0.25) is 19.6 Å². The van der Waals surface area contributed by atoms with Crippen molar-refractivity contribution in [1.29, 1.82) is 0 Å². The van der Waals surface area contributed by atoms with Crippen LogP contribution >= 0.6 is 11.8 Å². The van der Waals surface area contributed by atoms with Crippen LogP contribution in [0, 0.1) is 24.0 Å². The zero-order chi connectivity index (χ0) is 16.6. The van der Waals surface area contributed by atoms with Gasteiger partial charge in [0.25, 0.3) is 0 Å². The first kappa shape index (κ1) is 15.5. The van der Waals surface area contributed by atoms with Crippen molar-refractivity contribution in [2.24, 2.45) is 0 Å². The summed E-state index contributed by atoms with van der Waals surface area (Å²) in [5, 5.41) is 15.2. The molecule has 23 heavy (non-hydrogen) atoms. The number of hydrogen-bond donors (Lipinski definition) is 0. The van der Waals surface area contributed by atoms with Crippen molar-refractivity contribution in [2.45, 2.75) is 25.3 Å². The van der Waals surface area contributed by atoms with E-state index in [-0.39, 0.29) is 18.1 Å². The average Bonchev–Trinajstić information content (AvgIpc) is 2.80. The Balaban J connectivity index is 1.87. The lowest BCUT2D eigenvalue weighted by atomic mass is 10.2. The Kier molecular flexibility index (Phi) is 4.08. The number of aromatic nitrogens is 2. The van der Waals surface area contributed by atoms with E-state index in [9.17, 15) is 14.9 Å².